The summed E-state index contributed by atoms with van der Waals surface area (Å²) in [7, 11) is 0. The van der Waals surface area contributed by atoms with Crippen molar-refractivity contribution < 1.29 is 9.50 Å². The summed E-state index contributed by atoms with van der Waals surface area (Å²) in [5.41, 5.74) is 0.988. The van der Waals surface area contributed by atoms with Gasteiger partial charge in [0.05, 0.1) is 5.56 Å². The van der Waals surface area contributed by atoms with Crippen LogP contribution >= 0.6 is 0 Å². The Kier molecular flexibility index (Phi) is 4.89. The van der Waals surface area contributed by atoms with Gasteiger partial charge in [0.25, 0.3) is 0 Å². The van der Waals surface area contributed by atoms with Gasteiger partial charge in [0.15, 0.2) is 0 Å². The number of nitrogens with one attached hydrogen (secondary N) is 1. The SMILES string of the molecule is N#Cc1cc(CN[C@@H]2CCCC[C@@H]2CO)ccc1F. The lowest BCUT2D eigenvalue weighted by Gasteiger charge is -2.31. The minimum Gasteiger partial charge on any atom is -0.396 e. The second kappa shape index (κ2) is 6.65. The van der Waals surface area contributed by atoms with Gasteiger partial charge in [-0.3, -0.25) is 0 Å². The summed E-state index contributed by atoms with van der Waals surface area (Å²) in [5.74, 6) is -0.165. The van der Waals surface area contributed by atoms with Crippen molar-refractivity contribution in [1.82, 2.24) is 5.32 Å². The lowest BCUT2D eigenvalue weighted by Crippen LogP contribution is -2.39. The van der Waals surface area contributed by atoms with Crippen molar-refractivity contribution in [3.63, 3.8) is 0 Å². The number of aliphatic hydroxyl groups excluding tert-OH is 1. The van der Waals surface area contributed by atoms with Crippen molar-refractivity contribution in [2.75, 3.05) is 6.61 Å². The van der Waals surface area contributed by atoms with Gasteiger partial charge in [0.1, 0.15) is 11.9 Å². The van der Waals surface area contributed by atoms with Gasteiger partial charge in [-0.05, 0) is 36.5 Å². The van der Waals surface area contributed by atoms with E-state index in [1.165, 1.54) is 18.9 Å². The molecule has 0 bridgehead atoms. The zero-order valence-electron chi connectivity index (χ0n) is 10.9. The molecule has 0 radical (unpaired) electrons. The van der Waals surface area contributed by atoms with Crippen LogP contribution in [0, 0.1) is 23.1 Å². The van der Waals surface area contributed by atoms with Crippen LogP contribution in [0.25, 0.3) is 0 Å². The fraction of sp³-hybridized carbons (Fsp3) is 0.533. The molecule has 2 atom stereocenters. The van der Waals surface area contributed by atoms with Gasteiger partial charge in [-0.15, -0.1) is 0 Å². The summed E-state index contributed by atoms with van der Waals surface area (Å²) in [6, 6.07) is 6.78. The van der Waals surface area contributed by atoms with Crippen molar-refractivity contribution in [3.05, 3.63) is 35.1 Å². The lowest BCUT2D eigenvalue weighted by atomic mass is 9.85. The molecule has 0 aliphatic heterocycles. The van der Waals surface area contributed by atoms with E-state index in [0.29, 0.717) is 18.5 Å². The Balaban J connectivity index is 1.96. The molecule has 1 fully saturated rings. The highest BCUT2D eigenvalue weighted by Gasteiger charge is 2.23. The normalized spacial score (nSPS) is 23.0. The van der Waals surface area contributed by atoms with Gasteiger partial charge < -0.3 is 10.4 Å². The molecule has 0 unspecified atom stereocenters. The van der Waals surface area contributed by atoms with E-state index in [-0.39, 0.29) is 12.2 Å². The molecule has 0 saturated heterocycles. The summed E-state index contributed by atoms with van der Waals surface area (Å²) in [6.45, 7) is 0.820. The van der Waals surface area contributed by atoms with Gasteiger partial charge in [0, 0.05) is 19.2 Å². The molecule has 3 nitrogen and oxygen atoms in total. The van der Waals surface area contributed by atoms with Gasteiger partial charge in [-0.1, -0.05) is 18.9 Å². The standard InChI is InChI=1S/C15H19FN2O/c16-14-6-5-11(7-13(14)8-17)9-18-15-4-2-1-3-12(15)10-19/h5-7,12,15,18-19H,1-4,9-10H2/t12-,15-/m1/s1. The maximum absolute atomic E-state index is 13.2. The first-order valence-electron chi connectivity index (χ1n) is 6.77. The maximum atomic E-state index is 13.2. The third-order valence-corrected chi connectivity index (χ3v) is 3.86. The van der Waals surface area contributed by atoms with Gasteiger partial charge >= 0.3 is 0 Å². The zero-order valence-corrected chi connectivity index (χ0v) is 10.9. The molecule has 1 aliphatic rings. The second-order valence-electron chi connectivity index (χ2n) is 5.14. The first-order chi connectivity index (χ1) is 9.24. The minimum absolute atomic E-state index is 0.0849. The number of halogens is 1. The Morgan fingerprint density at radius 3 is 2.89 bits per heavy atom. The molecule has 1 aromatic carbocycles. The van der Waals surface area contributed by atoms with Gasteiger partial charge in [-0.25, -0.2) is 4.39 Å². The molecule has 0 heterocycles. The number of hydrogen-bond donors (Lipinski definition) is 2. The zero-order chi connectivity index (χ0) is 13.7. The number of rotatable bonds is 4. The Hall–Kier alpha value is -1.44. The van der Waals surface area contributed by atoms with E-state index in [2.05, 4.69) is 5.32 Å². The average Bonchev–Trinajstić information content (AvgIpc) is 2.46. The summed E-state index contributed by atoms with van der Waals surface area (Å²) < 4.78 is 13.2. The van der Waals surface area contributed by atoms with Crippen LogP contribution in [0.2, 0.25) is 0 Å². The third-order valence-electron chi connectivity index (χ3n) is 3.86. The first-order valence-corrected chi connectivity index (χ1v) is 6.77. The molecular formula is C15H19FN2O. The first kappa shape index (κ1) is 14.0. The van der Waals surface area contributed by atoms with E-state index in [1.807, 2.05) is 6.07 Å². The quantitative estimate of drug-likeness (QED) is 0.875. The molecule has 2 rings (SSSR count). The second-order valence-corrected chi connectivity index (χ2v) is 5.14. The Labute approximate surface area is 113 Å². The van der Waals surface area contributed by atoms with Crippen LogP contribution in [0.3, 0.4) is 0 Å². The van der Waals surface area contributed by atoms with Gasteiger partial charge in [-0.2, -0.15) is 5.26 Å². The van der Waals surface area contributed by atoms with Crippen LogP contribution in [0.15, 0.2) is 18.2 Å². The summed E-state index contributed by atoms with van der Waals surface area (Å²) in [5, 5.41) is 21.6. The van der Waals surface area contributed by atoms with Crippen LogP contribution in [0.1, 0.15) is 36.8 Å². The predicted molar refractivity (Wildman–Crippen MR) is 70.8 cm³/mol. The maximum Gasteiger partial charge on any atom is 0.140 e. The van der Waals surface area contributed by atoms with E-state index in [1.54, 1.807) is 12.1 Å². The molecular weight excluding hydrogens is 243 g/mol. The van der Waals surface area contributed by atoms with Crippen LogP contribution < -0.4 is 5.32 Å². The van der Waals surface area contributed by atoms with Crippen molar-refractivity contribution >= 4 is 0 Å². The monoisotopic (exact) mass is 262 g/mol. The van der Waals surface area contributed by atoms with Crippen LogP contribution in [0.4, 0.5) is 4.39 Å². The molecule has 102 valence electrons. The van der Waals surface area contributed by atoms with E-state index >= 15 is 0 Å². The summed E-state index contributed by atoms with van der Waals surface area (Å²) >= 11 is 0. The summed E-state index contributed by atoms with van der Waals surface area (Å²) in [4.78, 5) is 0. The van der Waals surface area contributed by atoms with E-state index < -0.39 is 5.82 Å². The highest BCUT2D eigenvalue weighted by Crippen LogP contribution is 2.24. The average molecular weight is 262 g/mol. The molecule has 2 N–H and O–H groups in total. The fourth-order valence-electron chi connectivity index (χ4n) is 2.71. The Morgan fingerprint density at radius 1 is 1.37 bits per heavy atom. The molecule has 1 saturated carbocycles. The van der Waals surface area contributed by atoms with Crippen LogP contribution in [-0.2, 0) is 6.54 Å². The highest BCUT2D eigenvalue weighted by molar-refractivity contribution is 5.34. The van der Waals surface area contributed by atoms with E-state index in [4.69, 9.17) is 5.26 Å². The van der Waals surface area contributed by atoms with Crippen molar-refractivity contribution in [3.8, 4) is 6.07 Å². The molecule has 0 spiro atoms. The van der Waals surface area contributed by atoms with Crippen molar-refractivity contribution in [2.24, 2.45) is 5.92 Å². The van der Waals surface area contributed by atoms with Crippen LogP contribution in [0.5, 0.6) is 0 Å². The molecule has 1 aliphatic carbocycles. The molecule has 1 aromatic rings. The highest BCUT2D eigenvalue weighted by atomic mass is 19.1. The predicted octanol–water partition coefficient (Wildman–Crippen LogP) is 2.34. The number of benzene rings is 1. The fourth-order valence-corrected chi connectivity index (χ4v) is 2.71. The largest absolute Gasteiger partial charge is 0.396 e. The molecule has 4 heteroatoms. The third kappa shape index (κ3) is 3.52. The smallest absolute Gasteiger partial charge is 0.140 e. The number of aliphatic hydroxyl groups is 1. The Bertz CT molecular complexity index is 470. The minimum atomic E-state index is -0.475. The van der Waals surface area contributed by atoms with Crippen molar-refractivity contribution in [1.29, 1.82) is 5.26 Å². The Morgan fingerprint density at radius 2 is 2.16 bits per heavy atom. The number of hydrogen-bond acceptors (Lipinski definition) is 3. The molecule has 0 aromatic heterocycles. The lowest BCUT2D eigenvalue weighted by molar-refractivity contribution is 0.152. The van der Waals surface area contributed by atoms with E-state index in [0.717, 1.165) is 18.4 Å². The number of nitrogens with zero attached hydrogens (tertiary/aromatic N) is 1. The molecule has 19 heavy (non-hydrogen) atoms. The van der Waals surface area contributed by atoms with Crippen LogP contribution in [-0.4, -0.2) is 17.8 Å². The van der Waals surface area contributed by atoms with E-state index in [9.17, 15) is 9.50 Å². The van der Waals surface area contributed by atoms with Gasteiger partial charge in [0.2, 0.25) is 0 Å². The molecule has 0 amide bonds. The number of nitriles is 1. The summed E-state index contributed by atoms with van der Waals surface area (Å²) in [6.07, 6.45) is 4.48. The topological polar surface area (TPSA) is 56.0 Å². The van der Waals surface area contributed by atoms with Crippen molar-refractivity contribution in [2.45, 2.75) is 38.3 Å².